The van der Waals surface area contributed by atoms with Crippen molar-refractivity contribution < 1.29 is 19.6 Å². The average Bonchev–Trinajstić information content (AvgIpc) is 3.32. The zero-order valence-electron chi connectivity index (χ0n) is 18.5. The van der Waals surface area contributed by atoms with Crippen LogP contribution in [-0.2, 0) is 4.79 Å². The standard InChI is InChI=1S/C24H27N5O4S/c30-21(29-33)10-6-1-2-7-15-25-22(31)18-11-13-19(14-12-18)26-23(32)28-24-27-20(16-34-24)17-8-4-3-5-9-17/h3-5,8-9,11-14,16,33H,1-2,6-7,10,15H2,(H,25,31)(H,29,30)(H2,26,27,28,32). The molecule has 178 valence electrons. The Hall–Kier alpha value is -3.76. The Bertz CT molecular complexity index is 1090. The lowest BCUT2D eigenvalue weighted by atomic mass is 10.1. The Morgan fingerprint density at radius 3 is 2.35 bits per heavy atom. The zero-order chi connectivity index (χ0) is 24.2. The van der Waals surface area contributed by atoms with E-state index in [1.165, 1.54) is 11.3 Å². The molecule has 3 rings (SSSR count). The van der Waals surface area contributed by atoms with Crippen LogP contribution in [0.1, 0.15) is 42.5 Å². The first-order chi connectivity index (χ1) is 16.5. The third-order valence-electron chi connectivity index (χ3n) is 4.94. The highest BCUT2D eigenvalue weighted by Gasteiger charge is 2.09. The molecule has 9 nitrogen and oxygen atoms in total. The van der Waals surface area contributed by atoms with Crippen molar-refractivity contribution in [2.45, 2.75) is 32.1 Å². The number of aromatic nitrogens is 1. The average molecular weight is 482 g/mol. The molecule has 0 bridgehead atoms. The fourth-order valence-electron chi connectivity index (χ4n) is 3.16. The molecule has 34 heavy (non-hydrogen) atoms. The van der Waals surface area contributed by atoms with Gasteiger partial charge >= 0.3 is 6.03 Å². The van der Waals surface area contributed by atoms with Gasteiger partial charge in [-0.3, -0.25) is 20.1 Å². The van der Waals surface area contributed by atoms with Crippen LogP contribution in [-0.4, -0.2) is 34.6 Å². The number of hydrogen-bond donors (Lipinski definition) is 5. The molecule has 0 aliphatic heterocycles. The van der Waals surface area contributed by atoms with E-state index in [-0.39, 0.29) is 11.8 Å². The maximum atomic E-state index is 12.3. The normalized spacial score (nSPS) is 10.4. The lowest BCUT2D eigenvalue weighted by Gasteiger charge is -2.08. The van der Waals surface area contributed by atoms with Gasteiger partial charge in [-0.15, -0.1) is 11.3 Å². The minimum Gasteiger partial charge on any atom is -0.352 e. The molecule has 0 saturated heterocycles. The number of unbranched alkanes of at least 4 members (excludes halogenated alkanes) is 3. The van der Waals surface area contributed by atoms with Crippen molar-refractivity contribution in [3.8, 4) is 11.3 Å². The minimum absolute atomic E-state index is 0.188. The Kier molecular flexibility index (Phi) is 9.56. The monoisotopic (exact) mass is 481 g/mol. The van der Waals surface area contributed by atoms with Crippen LogP contribution < -0.4 is 21.4 Å². The van der Waals surface area contributed by atoms with Crippen molar-refractivity contribution in [3.05, 3.63) is 65.5 Å². The van der Waals surface area contributed by atoms with E-state index >= 15 is 0 Å². The van der Waals surface area contributed by atoms with Crippen molar-refractivity contribution in [2.75, 3.05) is 17.2 Å². The van der Waals surface area contributed by atoms with Crippen molar-refractivity contribution >= 4 is 40.0 Å². The molecule has 0 atom stereocenters. The zero-order valence-corrected chi connectivity index (χ0v) is 19.4. The molecule has 0 radical (unpaired) electrons. The molecular weight excluding hydrogens is 454 g/mol. The molecule has 10 heteroatoms. The van der Waals surface area contributed by atoms with E-state index in [1.54, 1.807) is 29.7 Å². The largest absolute Gasteiger partial charge is 0.352 e. The van der Waals surface area contributed by atoms with Gasteiger partial charge in [0.15, 0.2) is 5.13 Å². The summed E-state index contributed by atoms with van der Waals surface area (Å²) in [5.41, 5.74) is 4.44. The predicted molar refractivity (Wildman–Crippen MR) is 132 cm³/mol. The van der Waals surface area contributed by atoms with Crippen LogP contribution >= 0.6 is 11.3 Å². The molecule has 1 heterocycles. The van der Waals surface area contributed by atoms with Gasteiger partial charge in [-0.1, -0.05) is 43.2 Å². The highest BCUT2D eigenvalue weighted by atomic mass is 32.1. The number of amides is 4. The van der Waals surface area contributed by atoms with Crippen LogP contribution in [0, 0.1) is 0 Å². The number of nitrogens with one attached hydrogen (secondary N) is 4. The molecule has 4 amide bonds. The maximum Gasteiger partial charge on any atom is 0.325 e. The first-order valence-electron chi connectivity index (χ1n) is 11.0. The SMILES string of the molecule is O=C(CCCCCCNC(=O)c1ccc(NC(=O)Nc2nc(-c3ccccc3)cs2)cc1)NO. The second-order valence-electron chi connectivity index (χ2n) is 7.52. The third-order valence-corrected chi connectivity index (χ3v) is 5.70. The van der Waals surface area contributed by atoms with Gasteiger partial charge in [0.05, 0.1) is 5.69 Å². The Morgan fingerprint density at radius 1 is 0.882 bits per heavy atom. The van der Waals surface area contributed by atoms with E-state index in [9.17, 15) is 14.4 Å². The van der Waals surface area contributed by atoms with Crippen LogP contribution in [0.3, 0.4) is 0 Å². The van der Waals surface area contributed by atoms with Gasteiger partial charge in [0, 0.05) is 35.2 Å². The number of rotatable bonds is 11. The Morgan fingerprint density at radius 2 is 1.62 bits per heavy atom. The molecule has 3 aromatic rings. The van der Waals surface area contributed by atoms with Gasteiger partial charge in [-0.25, -0.2) is 15.3 Å². The van der Waals surface area contributed by atoms with E-state index < -0.39 is 6.03 Å². The number of urea groups is 1. The lowest BCUT2D eigenvalue weighted by molar-refractivity contribution is -0.129. The number of carbonyl (C=O) groups excluding carboxylic acids is 3. The number of hydroxylamine groups is 1. The summed E-state index contributed by atoms with van der Waals surface area (Å²) in [6, 6.07) is 15.9. The van der Waals surface area contributed by atoms with E-state index in [4.69, 9.17) is 5.21 Å². The van der Waals surface area contributed by atoms with E-state index in [0.717, 1.165) is 30.5 Å². The summed E-state index contributed by atoms with van der Waals surface area (Å²) in [5.74, 6) is -0.573. The third kappa shape index (κ3) is 7.98. The molecule has 1 aromatic heterocycles. The van der Waals surface area contributed by atoms with Gasteiger partial charge < -0.3 is 10.6 Å². The summed E-state index contributed by atoms with van der Waals surface area (Å²) in [6.07, 6.45) is 3.51. The number of nitrogens with zero attached hydrogens (tertiary/aromatic N) is 1. The quantitative estimate of drug-likeness (QED) is 0.155. The van der Waals surface area contributed by atoms with Crippen LogP contribution in [0.25, 0.3) is 11.3 Å². The minimum atomic E-state index is -0.414. The van der Waals surface area contributed by atoms with Crippen LogP contribution in [0.2, 0.25) is 0 Å². The topological polar surface area (TPSA) is 132 Å². The summed E-state index contributed by atoms with van der Waals surface area (Å²) >= 11 is 1.34. The first kappa shape index (κ1) is 24.9. The van der Waals surface area contributed by atoms with E-state index in [2.05, 4.69) is 20.9 Å². The number of carbonyl (C=O) groups is 3. The number of benzene rings is 2. The second-order valence-corrected chi connectivity index (χ2v) is 8.37. The summed E-state index contributed by atoms with van der Waals surface area (Å²) in [6.45, 7) is 0.534. The van der Waals surface area contributed by atoms with Gasteiger partial charge in [-0.05, 0) is 37.1 Å². The molecule has 0 fully saturated rings. The summed E-state index contributed by atoms with van der Waals surface area (Å²) in [7, 11) is 0. The predicted octanol–water partition coefficient (Wildman–Crippen LogP) is 4.64. The molecule has 5 N–H and O–H groups in total. The fraction of sp³-hybridized carbons (Fsp3) is 0.250. The second kappa shape index (κ2) is 13.1. The molecule has 0 unspecified atom stereocenters. The number of anilines is 2. The fourth-order valence-corrected chi connectivity index (χ4v) is 3.88. The first-order valence-corrected chi connectivity index (χ1v) is 11.8. The van der Waals surface area contributed by atoms with Crippen molar-refractivity contribution in [2.24, 2.45) is 0 Å². The molecular formula is C24H27N5O4S. The number of hydrogen-bond acceptors (Lipinski definition) is 6. The summed E-state index contributed by atoms with van der Waals surface area (Å²) < 4.78 is 0. The van der Waals surface area contributed by atoms with Crippen LogP contribution in [0.15, 0.2) is 60.0 Å². The van der Waals surface area contributed by atoms with Crippen LogP contribution in [0.5, 0.6) is 0 Å². The number of thiazole rings is 1. The van der Waals surface area contributed by atoms with E-state index in [1.807, 2.05) is 35.7 Å². The lowest BCUT2D eigenvalue weighted by Crippen LogP contribution is -2.24. The van der Waals surface area contributed by atoms with Gasteiger partial charge in [-0.2, -0.15) is 0 Å². The summed E-state index contributed by atoms with van der Waals surface area (Å²) in [4.78, 5) is 39.9. The Labute approximate surface area is 201 Å². The van der Waals surface area contributed by atoms with Gasteiger partial charge in [0.25, 0.3) is 5.91 Å². The highest BCUT2D eigenvalue weighted by Crippen LogP contribution is 2.24. The Balaban J connectivity index is 1.38. The van der Waals surface area contributed by atoms with E-state index in [0.29, 0.717) is 35.8 Å². The highest BCUT2D eigenvalue weighted by molar-refractivity contribution is 7.14. The molecule has 0 aliphatic rings. The van der Waals surface area contributed by atoms with Crippen LogP contribution in [0.4, 0.5) is 15.6 Å². The van der Waals surface area contributed by atoms with Crippen molar-refractivity contribution in [1.29, 1.82) is 0 Å². The van der Waals surface area contributed by atoms with Crippen molar-refractivity contribution in [1.82, 2.24) is 15.8 Å². The molecule has 0 saturated carbocycles. The molecule has 0 aliphatic carbocycles. The molecule has 2 aromatic carbocycles. The van der Waals surface area contributed by atoms with Crippen molar-refractivity contribution in [3.63, 3.8) is 0 Å². The van der Waals surface area contributed by atoms with Gasteiger partial charge in [0.1, 0.15) is 0 Å². The summed E-state index contributed by atoms with van der Waals surface area (Å²) in [5, 5.41) is 19.1. The molecule has 0 spiro atoms. The smallest absolute Gasteiger partial charge is 0.325 e. The maximum absolute atomic E-state index is 12.3. The van der Waals surface area contributed by atoms with Gasteiger partial charge in [0.2, 0.25) is 5.91 Å².